The smallest absolute Gasteiger partial charge is 0.128 e. The van der Waals surface area contributed by atoms with Crippen LogP contribution in [0.1, 0.15) is 32.6 Å². The molecular weight excluding hydrogens is 217 g/mol. The van der Waals surface area contributed by atoms with E-state index in [1.54, 1.807) is 7.11 Å². The van der Waals surface area contributed by atoms with Crippen LogP contribution in [0.5, 0.6) is 5.75 Å². The maximum Gasteiger partial charge on any atom is 0.128 e. The summed E-state index contributed by atoms with van der Waals surface area (Å²) in [5, 5.41) is 3.40. The molecule has 0 bridgehead atoms. The van der Waals surface area contributed by atoms with Gasteiger partial charge in [0.25, 0.3) is 0 Å². The number of anilines is 1. The van der Waals surface area contributed by atoms with E-state index in [0.29, 0.717) is 11.8 Å². The van der Waals surface area contributed by atoms with E-state index < -0.39 is 0 Å². The van der Waals surface area contributed by atoms with Gasteiger partial charge in [0, 0.05) is 23.9 Å². The summed E-state index contributed by atoms with van der Waals surface area (Å²) in [6, 6.07) is 5.25. The number of methoxy groups -OCH3 is 1. The van der Waals surface area contributed by atoms with Gasteiger partial charge in [-0.2, -0.15) is 0 Å². The van der Waals surface area contributed by atoms with E-state index in [2.05, 4.69) is 12.2 Å². The van der Waals surface area contributed by atoms with E-state index in [1.165, 1.54) is 37.8 Å². The van der Waals surface area contributed by atoms with Gasteiger partial charge in [-0.3, -0.25) is 0 Å². The normalized spacial score (nSPS) is 23.7. The molecule has 2 unspecified atom stereocenters. The zero-order valence-electron chi connectivity index (χ0n) is 10.5. The van der Waals surface area contributed by atoms with Crippen molar-refractivity contribution >= 4 is 5.69 Å². The van der Waals surface area contributed by atoms with E-state index in [4.69, 9.17) is 4.74 Å². The molecule has 17 heavy (non-hydrogen) atoms. The molecule has 0 amide bonds. The third-order valence-electron chi connectivity index (χ3n) is 3.60. The molecule has 0 aromatic heterocycles. The quantitative estimate of drug-likeness (QED) is 0.859. The van der Waals surface area contributed by atoms with Crippen molar-refractivity contribution in [2.45, 2.75) is 38.6 Å². The van der Waals surface area contributed by atoms with Crippen molar-refractivity contribution in [1.82, 2.24) is 0 Å². The number of ether oxygens (including phenoxy) is 1. The summed E-state index contributed by atoms with van der Waals surface area (Å²) in [5.74, 6) is 1.14. The fraction of sp³-hybridized carbons (Fsp3) is 0.571. The van der Waals surface area contributed by atoms with Crippen LogP contribution >= 0.6 is 0 Å². The molecule has 0 spiro atoms. The molecule has 0 saturated heterocycles. The highest BCUT2D eigenvalue weighted by Gasteiger charge is 2.23. The third-order valence-corrected chi connectivity index (χ3v) is 3.60. The predicted octanol–water partition coefficient (Wildman–Crippen LogP) is 3.82. The summed E-state index contributed by atoms with van der Waals surface area (Å²) in [6.45, 7) is 2.23. The van der Waals surface area contributed by atoms with Gasteiger partial charge in [0.15, 0.2) is 0 Å². The van der Waals surface area contributed by atoms with E-state index in [9.17, 15) is 4.39 Å². The molecule has 1 N–H and O–H groups in total. The second kappa shape index (κ2) is 5.39. The molecule has 0 radical (unpaired) electrons. The Kier molecular flexibility index (Phi) is 3.87. The van der Waals surface area contributed by atoms with Gasteiger partial charge in [0.05, 0.1) is 7.11 Å². The minimum absolute atomic E-state index is 0.253. The molecule has 1 aromatic rings. The van der Waals surface area contributed by atoms with Gasteiger partial charge in [-0.1, -0.05) is 13.3 Å². The molecule has 2 atom stereocenters. The summed E-state index contributed by atoms with van der Waals surface area (Å²) < 4.78 is 18.4. The number of rotatable bonds is 4. The first-order valence-corrected chi connectivity index (χ1v) is 6.32. The molecule has 1 aliphatic rings. The molecule has 1 saturated carbocycles. The van der Waals surface area contributed by atoms with Crippen molar-refractivity contribution in [2.75, 3.05) is 12.4 Å². The second-order valence-electron chi connectivity index (χ2n) is 4.81. The molecule has 2 nitrogen and oxygen atoms in total. The lowest BCUT2D eigenvalue weighted by atomic mass is 10.1. The SMILES string of the molecule is CCC1CCC(Nc2cc(F)cc(OC)c2)C1. The Morgan fingerprint density at radius 1 is 1.35 bits per heavy atom. The van der Waals surface area contributed by atoms with Gasteiger partial charge in [-0.05, 0) is 31.2 Å². The highest BCUT2D eigenvalue weighted by molar-refractivity contribution is 5.49. The summed E-state index contributed by atoms with van der Waals surface area (Å²) in [5.41, 5.74) is 0.823. The standard InChI is InChI=1S/C14H20FNO/c1-3-10-4-5-12(6-10)16-13-7-11(15)8-14(9-13)17-2/h7-10,12,16H,3-6H2,1-2H3. The summed E-state index contributed by atoms with van der Waals surface area (Å²) in [4.78, 5) is 0. The number of halogens is 1. The lowest BCUT2D eigenvalue weighted by Crippen LogP contribution is -2.15. The highest BCUT2D eigenvalue weighted by atomic mass is 19.1. The lowest BCUT2D eigenvalue weighted by molar-refractivity contribution is 0.411. The van der Waals surface area contributed by atoms with E-state index in [-0.39, 0.29) is 5.82 Å². The summed E-state index contributed by atoms with van der Waals surface area (Å²) in [6.07, 6.45) is 4.89. The fourth-order valence-corrected chi connectivity index (χ4v) is 2.58. The van der Waals surface area contributed by atoms with Crippen LogP contribution in [0.2, 0.25) is 0 Å². The molecule has 0 aliphatic heterocycles. The van der Waals surface area contributed by atoms with Crippen LogP contribution in [0.3, 0.4) is 0 Å². The maximum atomic E-state index is 13.3. The Hall–Kier alpha value is -1.25. The fourth-order valence-electron chi connectivity index (χ4n) is 2.58. The van der Waals surface area contributed by atoms with Gasteiger partial charge in [-0.15, -0.1) is 0 Å². The summed E-state index contributed by atoms with van der Waals surface area (Å²) in [7, 11) is 1.56. The van der Waals surface area contributed by atoms with Gasteiger partial charge in [0.1, 0.15) is 11.6 Å². The lowest BCUT2D eigenvalue weighted by Gasteiger charge is -2.15. The molecule has 1 fully saturated rings. The van der Waals surface area contributed by atoms with Crippen LogP contribution in [0.4, 0.5) is 10.1 Å². The van der Waals surface area contributed by atoms with Crippen molar-refractivity contribution in [3.63, 3.8) is 0 Å². The average Bonchev–Trinajstić information content (AvgIpc) is 2.76. The Bertz CT molecular complexity index is 380. The first-order chi connectivity index (χ1) is 8.21. The van der Waals surface area contributed by atoms with Crippen molar-refractivity contribution < 1.29 is 9.13 Å². The third kappa shape index (κ3) is 3.11. The van der Waals surface area contributed by atoms with Crippen molar-refractivity contribution in [3.8, 4) is 5.75 Å². The van der Waals surface area contributed by atoms with Crippen LogP contribution < -0.4 is 10.1 Å². The number of hydrogen-bond donors (Lipinski definition) is 1. The van der Waals surface area contributed by atoms with Gasteiger partial charge < -0.3 is 10.1 Å². The van der Waals surface area contributed by atoms with Crippen LogP contribution in [0.15, 0.2) is 18.2 Å². The predicted molar refractivity (Wildman–Crippen MR) is 68.0 cm³/mol. The van der Waals surface area contributed by atoms with Crippen LogP contribution in [0.25, 0.3) is 0 Å². The molecule has 1 aliphatic carbocycles. The van der Waals surface area contributed by atoms with Gasteiger partial charge in [-0.25, -0.2) is 4.39 Å². The minimum atomic E-state index is -0.253. The monoisotopic (exact) mass is 237 g/mol. The number of hydrogen-bond acceptors (Lipinski definition) is 2. The van der Waals surface area contributed by atoms with E-state index >= 15 is 0 Å². The van der Waals surface area contributed by atoms with Crippen LogP contribution in [-0.2, 0) is 0 Å². The zero-order chi connectivity index (χ0) is 12.3. The summed E-state index contributed by atoms with van der Waals surface area (Å²) >= 11 is 0. The number of nitrogens with one attached hydrogen (secondary N) is 1. The Morgan fingerprint density at radius 2 is 2.18 bits per heavy atom. The second-order valence-corrected chi connectivity index (χ2v) is 4.81. The average molecular weight is 237 g/mol. The van der Waals surface area contributed by atoms with Crippen molar-refractivity contribution in [1.29, 1.82) is 0 Å². The first kappa shape index (κ1) is 12.2. The zero-order valence-corrected chi connectivity index (χ0v) is 10.5. The molecule has 2 rings (SSSR count). The van der Waals surface area contributed by atoms with Gasteiger partial charge >= 0.3 is 0 Å². The van der Waals surface area contributed by atoms with Gasteiger partial charge in [0.2, 0.25) is 0 Å². The Morgan fingerprint density at radius 3 is 2.82 bits per heavy atom. The van der Waals surface area contributed by atoms with Crippen molar-refractivity contribution in [3.05, 3.63) is 24.0 Å². The first-order valence-electron chi connectivity index (χ1n) is 6.32. The molecule has 0 heterocycles. The molecular formula is C14H20FNO. The molecule has 94 valence electrons. The van der Waals surface area contributed by atoms with E-state index in [0.717, 1.165) is 11.6 Å². The minimum Gasteiger partial charge on any atom is -0.497 e. The topological polar surface area (TPSA) is 21.3 Å². The maximum absolute atomic E-state index is 13.3. The molecule has 3 heteroatoms. The van der Waals surface area contributed by atoms with E-state index in [1.807, 2.05) is 6.07 Å². The molecule has 1 aromatic carbocycles. The van der Waals surface area contributed by atoms with Crippen LogP contribution in [0, 0.1) is 11.7 Å². The van der Waals surface area contributed by atoms with Crippen molar-refractivity contribution in [2.24, 2.45) is 5.92 Å². The Labute approximate surface area is 102 Å². The Balaban J connectivity index is 2.01. The highest BCUT2D eigenvalue weighted by Crippen LogP contribution is 2.31. The van der Waals surface area contributed by atoms with Crippen LogP contribution in [-0.4, -0.2) is 13.2 Å². The number of benzene rings is 1. The largest absolute Gasteiger partial charge is 0.497 e.